The maximum absolute atomic E-state index is 8.56. The van der Waals surface area contributed by atoms with Crippen molar-refractivity contribution in [1.82, 2.24) is 9.55 Å². The molecule has 0 bridgehead atoms. The summed E-state index contributed by atoms with van der Waals surface area (Å²) in [5.41, 5.74) is 7.37. The smallest absolute Gasteiger partial charge is 0.170 e. The molecule has 0 radical (unpaired) electrons. The van der Waals surface area contributed by atoms with Gasteiger partial charge in [0.25, 0.3) is 0 Å². The van der Waals surface area contributed by atoms with E-state index < -0.39 is 0 Å². The van der Waals surface area contributed by atoms with E-state index in [2.05, 4.69) is 10.1 Å². The second kappa shape index (κ2) is 5.59. The zero-order valence-electron chi connectivity index (χ0n) is 9.95. The summed E-state index contributed by atoms with van der Waals surface area (Å²) in [4.78, 5) is 4.24. The third-order valence-electron chi connectivity index (χ3n) is 2.50. The molecule has 1 heterocycles. The molecule has 18 heavy (non-hydrogen) atoms. The van der Waals surface area contributed by atoms with Crippen LogP contribution in [0.15, 0.2) is 47.0 Å². The van der Waals surface area contributed by atoms with E-state index in [0.29, 0.717) is 5.56 Å². The molecule has 0 amide bonds. The third kappa shape index (κ3) is 2.84. The van der Waals surface area contributed by atoms with Gasteiger partial charge in [0, 0.05) is 30.8 Å². The summed E-state index contributed by atoms with van der Waals surface area (Å²) in [6.07, 6.45) is 3.70. The Labute approximate surface area is 109 Å². The predicted octanol–water partition coefficient (Wildman–Crippen LogP) is 1.81. The zero-order valence-corrected chi connectivity index (χ0v) is 10.8. The molecular formula is C12H14N4OS. The molecule has 1 aromatic carbocycles. The molecule has 0 saturated heterocycles. The number of thioether (sulfide) groups is 1. The van der Waals surface area contributed by atoms with Crippen LogP contribution < -0.4 is 5.73 Å². The van der Waals surface area contributed by atoms with E-state index in [1.165, 1.54) is 0 Å². The molecule has 2 rings (SSSR count). The molecular weight excluding hydrogens is 248 g/mol. The summed E-state index contributed by atoms with van der Waals surface area (Å²) in [5, 5.41) is 12.5. The van der Waals surface area contributed by atoms with Crippen molar-refractivity contribution in [1.29, 1.82) is 0 Å². The van der Waals surface area contributed by atoms with Crippen molar-refractivity contribution >= 4 is 17.6 Å². The van der Waals surface area contributed by atoms with Crippen LogP contribution in [-0.4, -0.2) is 20.6 Å². The first-order valence-electron chi connectivity index (χ1n) is 5.37. The van der Waals surface area contributed by atoms with E-state index in [-0.39, 0.29) is 5.84 Å². The van der Waals surface area contributed by atoms with E-state index in [9.17, 15) is 0 Å². The minimum atomic E-state index is 0.123. The molecule has 0 saturated carbocycles. The molecule has 1 aromatic heterocycles. The number of nitrogens with zero attached hydrogens (tertiary/aromatic N) is 3. The van der Waals surface area contributed by atoms with Crippen LogP contribution in [-0.2, 0) is 12.8 Å². The van der Waals surface area contributed by atoms with Crippen molar-refractivity contribution in [2.24, 2.45) is 17.9 Å². The fourth-order valence-corrected chi connectivity index (χ4v) is 2.36. The minimum absolute atomic E-state index is 0.123. The van der Waals surface area contributed by atoms with Crippen molar-refractivity contribution in [3.63, 3.8) is 0 Å². The van der Waals surface area contributed by atoms with Crippen LogP contribution in [0.25, 0.3) is 0 Å². The number of nitrogens with two attached hydrogens (primary N) is 1. The maximum atomic E-state index is 8.56. The fourth-order valence-electron chi connectivity index (χ4n) is 1.47. The first kappa shape index (κ1) is 12.5. The number of amidine groups is 1. The Morgan fingerprint density at radius 2 is 2.17 bits per heavy atom. The quantitative estimate of drug-likeness (QED) is 0.290. The van der Waals surface area contributed by atoms with Crippen LogP contribution in [0.5, 0.6) is 0 Å². The number of rotatable bonds is 4. The Hall–Kier alpha value is -1.95. The Kier molecular flexibility index (Phi) is 3.88. The van der Waals surface area contributed by atoms with Gasteiger partial charge in [-0.3, -0.25) is 0 Å². The van der Waals surface area contributed by atoms with Gasteiger partial charge < -0.3 is 15.5 Å². The first-order chi connectivity index (χ1) is 8.70. The lowest BCUT2D eigenvalue weighted by atomic mass is 10.1. The Morgan fingerprint density at radius 3 is 2.72 bits per heavy atom. The van der Waals surface area contributed by atoms with Gasteiger partial charge in [-0.15, -0.1) is 0 Å². The number of hydrogen-bond acceptors (Lipinski definition) is 4. The Bertz CT molecular complexity index is 547. The van der Waals surface area contributed by atoms with Gasteiger partial charge in [0.2, 0.25) is 0 Å². The van der Waals surface area contributed by atoms with Gasteiger partial charge in [0.1, 0.15) is 0 Å². The van der Waals surface area contributed by atoms with Crippen molar-refractivity contribution in [3.8, 4) is 0 Å². The highest BCUT2D eigenvalue weighted by atomic mass is 32.2. The molecule has 0 spiro atoms. The molecule has 0 unspecified atom stereocenters. The number of aryl methyl sites for hydroxylation is 1. The van der Waals surface area contributed by atoms with Crippen molar-refractivity contribution in [2.45, 2.75) is 10.9 Å². The minimum Gasteiger partial charge on any atom is -0.409 e. The summed E-state index contributed by atoms with van der Waals surface area (Å²) in [6.45, 7) is 0. The zero-order chi connectivity index (χ0) is 13.0. The summed E-state index contributed by atoms with van der Waals surface area (Å²) in [6, 6.07) is 7.60. The lowest BCUT2D eigenvalue weighted by molar-refractivity contribution is 0.318. The maximum Gasteiger partial charge on any atom is 0.170 e. The van der Waals surface area contributed by atoms with Gasteiger partial charge in [-0.25, -0.2) is 4.98 Å². The summed E-state index contributed by atoms with van der Waals surface area (Å²) in [5.74, 6) is 0.958. The summed E-state index contributed by atoms with van der Waals surface area (Å²) < 4.78 is 1.98. The van der Waals surface area contributed by atoms with Crippen LogP contribution in [0.4, 0.5) is 0 Å². The van der Waals surface area contributed by atoms with Crippen molar-refractivity contribution in [2.75, 3.05) is 0 Å². The fraction of sp³-hybridized carbons (Fsp3) is 0.167. The monoisotopic (exact) mass is 262 g/mol. The standard InChI is InChI=1S/C12H14N4OS/c1-16-7-6-14-12(16)18-8-9-2-4-10(5-3-9)11(13)15-17/h2-7,17H,8H2,1H3,(H2,13,15). The first-order valence-corrected chi connectivity index (χ1v) is 6.36. The van der Waals surface area contributed by atoms with Crippen LogP contribution >= 0.6 is 11.8 Å². The number of imidazole rings is 1. The van der Waals surface area contributed by atoms with Gasteiger partial charge in [-0.1, -0.05) is 41.2 Å². The normalized spacial score (nSPS) is 11.7. The number of oxime groups is 1. The van der Waals surface area contributed by atoms with Gasteiger partial charge in [-0.2, -0.15) is 0 Å². The van der Waals surface area contributed by atoms with E-state index >= 15 is 0 Å². The molecule has 3 N–H and O–H groups in total. The highest BCUT2D eigenvalue weighted by Gasteiger charge is 2.02. The van der Waals surface area contributed by atoms with E-state index in [0.717, 1.165) is 16.5 Å². The highest BCUT2D eigenvalue weighted by molar-refractivity contribution is 7.98. The second-order valence-corrected chi connectivity index (χ2v) is 4.73. The molecule has 0 fully saturated rings. The lowest BCUT2D eigenvalue weighted by Crippen LogP contribution is -2.12. The van der Waals surface area contributed by atoms with Gasteiger partial charge in [0.15, 0.2) is 11.0 Å². The second-order valence-electron chi connectivity index (χ2n) is 3.79. The van der Waals surface area contributed by atoms with Gasteiger partial charge in [-0.05, 0) is 5.56 Å². The van der Waals surface area contributed by atoms with Crippen LogP contribution in [0.1, 0.15) is 11.1 Å². The largest absolute Gasteiger partial charge is 0.409 e. The van der Waals surface area contributed by atoms with E-state index in [1.54, 1.807) is 18.0 Å². The van der Waals surface area contributed by atoms with Crippen LogP contribution in [0.2, 0.25) is 0 Å². The summed E-state index contributed by atoms with van der Waals surface area (Å²) in [7, 11) is 1.97. The predicted molar refractivity (Wildman–Crippen MR) is 71.7 cm³/mol. The highest BCUT2D eigenvalue weighted by Crippen LogP contribution is 2.20. The average Bonchev–Trinajstić information content (AvgIpc) is 2.81. The van der Waals surface area contributed by atoms with E-state index in [1.807, 2.05) is 42.1 Å². The number of hydrogen-bond donors (Lipinski definition) is 2. The SMILES string of the molecule is Cn1ccnc1SCc1ccc(/C(N)=N/O)cc1. The molecule has 6 heteroatoms. The number of benzene rings is 1. The molecule has 0 atom stereocenters. The Balaban J connectivity index is 2.01. The van der Waals surface area contributed by atoms with Gasteiger partial charge in [0.05, 0.1) is 0 Å². The number of aromatic nitrogens is 2. The van der Waals surface area contributed by atoms with E-state index in [4.69, 9.17) is 10.9 Å². The Morgan fingerprint density at radius 1 is 1.44 bits per heavy atom. The molecule has 0 aliphatic carbocycles. The van der Waals surface area contributed by atoms with Crippen LogP contribution in [0.3, 0.4) is 0 Å². The molecule has 5 nitrogen and oxygen atoms in total. The molecule has 2 aromatic rings. The topological polar surface area (TPSA) is 76.4 Å². The van der Waals surface area contributed by atoms with Crippen molar-refractivity contribution < 1.29 is 5.21 Å². The van der Waals surface area contributed by atoms with Gasteiger partial charge >= 0.3 is 0 Å². The molecule has 0 aliphatic heterocycles. The summed E-state index contributed by atoms with van der Waals surface area (Å²) >= 11 is 1.67. The lowest BCUT2D eigenvalue weighted by Gasteiger charge is -2.03. The molecule has 94 valence electrons. The van der Waals surface area contributed by atoms with Crippen molar-refractivity contribution in [3.05, 3.63) is 47.8 Å². The average molecular weight is 262 g/mol. The van der Waals surface area contributed by atoms with Crippen LogP contribution in [0, 0.1) is 0 Å². The third-order valence-corrected chi connectivity index (χ3v) is 3.63. The molecule has 0 aliphatic rings.